The van der Waals surface area contributed by atoms with Gasteiger partial charge in [0.2, 0.25) is 0 Å². The van der Waals surface area contributed by atoms with Crippen molar-refractivity contribution in [2.45, 2.75) is 12.7 Å². The summed E-state index contributed by atoms with van der Waals surface area (Å²) >= 11 is 4.00. The lowest BCUT2D eigenvalue weighted by atomic mass is 10.2. The summed E-state index contributed by atoms with van der Waals surface area (Å²) in [4.78, 5) is 10.0. The SMILES string of the molecule is O=[N+]([O-])c1cc(CNc2cc(Br)cc(C(F)(F)F)c2)cs1. The summed E-state index contributed by atoms with van der Waals surface area (Å²) in [5.74, 6) is 0. The van der Waals surface area contributed by atoms with Gasteiger partial charge in [0.25, 0.3) is 0 Å². The summed E-state index contributed by atoms with van der Waals surface area (Å²) in [6.07, 6.45) is -4.43. The van der Waals surface area contributed by atoms with E-state index in [4.69, 9.17) is 0 Å². The molecule has 0 fully saturated rings. The monoisotopic (exact) mass is 380 g/mol. The molecule has 0 aliphatic carbocycles. The standard InChI is InChI=1S/C12H8BrF3N2O2S/c13-9-2-8(12(14,15)16)3-10(4-9)17-5-7-1-11(18(19)20)21-6-7/h1-4,6,17H,5H2. The second-order valence-electron chi connectivity index (χ2n) is 4.13. The number of thiophene rings is 1. The van der Waals surface area contributed by atoms with Crippen molar-refractivity contribution in [3.05, 3.63) is 55.4 Å². The summed E-state index contributed by atoms with van der Waals surface area (Å²) in [6, 6.07) is 4.88. The third kappa shape index (κ3) is 4.18. The average molecular weight is 381 g/mol. The number of halogens is 4. The molecule has 0 bridgehead atoms. The van der Waals surface area contributed by atoms with Gasteiger partial charge in [0.15, 0.2) is 0 Å². The van der Waals surface area contributed by atoms with E-state index in [-0.39, 0.29) is 17.2 Å². The van der Waals surface area contributed by atoms with E-state index in [9.17, 15) is 23.3 Å². The highest BCUT2D eigenvalue weighted by Crippen LogP contribution is 2.33. The van der Waals surface area contributed by atoms with Crippen LogP contribution in [0.4, 0.5) is 23.9 Å². The minimum atomic E-state index is -4.43. The van der Waals surface area contributed by atoms with E-state index >= 15 is 0 Å². The van der Waals surface area contributed by atoms with E-state index in [1.54, 1.807) is 5.38 Å². The van der Waals surface area contributed by atoms with Crippen LogP contribution in [-0.2, 0) is 12.7 Å². The van der Waals surface area contributed by atoms with Crippen LogP contribution in [0.1, 0.15) is 11.1 Å². The van der Waals surface area contributed by atoms with Crippen molar-refractivity contribution >= 4 is 38.0 Å². The lowest BCUT2D eigenvalue weighted by Gasteiger charge is -2.11. The van der Waals surface area contributed by atoms with Crippen LogP contribution in [-0.4, -0.2) is 4.92 Å². The molecular weight excluding hydrogens is 373 g/mol. The van der Waals surface area contributed by atoms with Crippen molar-refractivity contribution < 1.29 is 18.1 Å². The third-order valence-electron chi connectivity index (χ3n) is 2.54. The van der Waals surface area contributed by atoms with Gasteiger partial charge >= 0.3 is 11.2 Å². The van der Waals surface area contributed by atoms with Gasteiger partial charge in [-0.05, 0) is 23.8 Å². The first-order valence-electron chi connectivity index (χ1n) is 5.59. The quantitative estimate of drug-likeness (QED) is 0.596. The molecule has 0 saturated heterocycles. The maximum atomic E-state index is 12.7. The maximum absolute atomic E-state index is 12.7. The molecule has 0 amide bonds. The molecule has 2 aromatic rings. The molecule has 0 aliphatic heterocycles. The Hall–Kier alpha value is -1.61. The Morgan fingerprint density at radius 1 is 1.29 bits per heavy atom. The van der Waals surface area contributed by atoms with Crippen molar-refractivity contribution in [1.29, 1.82) is 0 Å². The minimum Gasteiger partial charge on any atom is -0.381 e. The molecule has 0 spiro atoms. The minimum absolute atomic E-state index is 0.00276. The Morgan fingerprint density at radius 2 is 2.00 bits per heavy atom. The zero-order valence-electron chi connectivity index (χ0n) is 10.3. The number of nitrogens with zero attached hydrogens (tertiary/aromatic N) is 1. The number of hydrogen-bond donors (Lipinski definition) is 1. The largest absolute Gasteiger partial charge is 0.416 e. The number of hydrogen-bond acceptors (Lipinski definition) is 4. The van der Waals surface area contributed by atoms with Gasteiger partial charge in [0, 0.05) is 28.2 Å². The van der Waals surface area contributed by atoms with Crippen molar-refractivity contribution in [2.24, 2.45) is 0 Å². The summed E-state index contributed by atoms with van der Waals surface area (Å²) in [6.45, 7) is 0.206. The number of anilines is 1. The van der Waals surface area contributed by atoms with Gasteiger partial charge in [0.05, 0.1) is 10.5 Å². The normalized spacial score (nSPS) is 11.4. The highest BCUT2D eigenvalue weighted by atomic mass is 79.9. The van der Waals surface area contributed by atoms with Crippen LogP contribution < -0.4 is 5.32 Å². The highest BCUT2D eigenvalue weighted by molar-refractivity contribution is 9.10. The first-order chi connectivity index (χ1) is 9.75. The molecular formula is C12H8BrF3N2O2S. The second kappa shape index (κ2) is 6.02. The number of nitro groups is 1. The Bertz CT molecular complexity index is 673. The van der Waals surface area contributed by atoms with Gasteiger partial charge in [-0.15, -0.1) is 0 Å². The molecule has 1 heterocycles. The lowest BCUT2D eigenvalue weighted by Crippen LogP contribution is -2.06. The number of benzene rings is 1. The number of alkyl halides is 3. The predicted molar refractivity (Wildman–Crippen MR) is 77.4 cm³/mol. The van der Waals surface area contributed by atoms with E-state index < -0.39 is 16.7 Å². The summed E-state index contributed by atoms with van der Waals surface area (Å²) < 4.78 is 38.3. The van der Waals surface area contributed by atoms with Crippen LogP contribution in [0.3, 0.4) is 0 Å². The van der Waals surface area contributed by atoms with Crippen LogP contribution >= 0.6 is 27.3 Å². The zero-order chi connectivity index (χ0) is 15.6. The number of rotatable bonds is 4. The van der Waals surface area contributed by atoms with E-state index in [0.29, 0.717) is 10.0 Å². The Morgan fingerprint density at radius 3 is 2.57 bits per heavy atom. The van der Waals surface area contributed by atoms with Gasteiger partial charge in [-0.1, -0.05) is 27.3 Å². The molecule has 4 nitrogen and oxygen atoms in total. The fourth-order valence-corrected chi connectivity index (χ4v) is 2.83. The molecule has 1 aromatic heterocycles. The molecule has 112 valence electrons. The third-order valence-corrected chi connectivity index (χ3v) is 3.93. The van der Waals surface area contributed by atoms with Crippen LogP contribution in [0.25, 0.3) is 0 Å². The Balaban J connectivity index is 2.12. The smallest absolute Gasteiger partial charge is 0.381 e. The molecule has 1 N–H and O–H groups in total. The first-order valence-corrected chi connectivity index (χ1v) is 7.26. The molecule has 0 aliphatic rings. The summed E-state index contributed by atoms with van der Waals surface area (Å²) in [5.41, 5.74) is 0.154. The van der Waals surface area contributed by atoms with Gasteiger partial charge < -0.3 is 5.32 Å². The van der Waals surface area contributed by atoms with Gasteiger partial charge in [-0.3, -0.25) is 10.1 Å². The Labute approximate surface area is 129 Å². The molecule has 0 unspecified atom stereocenters. The first kappa shape index (κ1) is 15.8. The molecule has 0 atom stereocenters. The van der Waals surface area contributed by atoms with Gasteiger partial charge in [0.1, 0.15) is 0 Å². The fourth-order valence-electron chi connectivity index (χ4n) is 1.61. The van der Waals surface area contributed by atoms with Crippen LogP contribution in [0.5, 0.6) is 0 Å². The molecule has 0 radical (unpaired) electrons. The lowest BCUT2D eigenvalue weighted by molar-refractivity contribution is -0.380. The van der Waals surface area contributed by atoms with Crippen LogP contribution in [0.2, 0.25) is 0 Å². The predicted octanol–water partition coefficient (Wildman–Crippen LogP) is 5.05. The summed E-state index contributed by atoms with van der Waals surface area (Å²) in [7, 11) is 0. The Kier molecular flexibility index (Phi) is 4.52. The maximum Gasteiger partial charge on any atom is 0.416 e. The molecule has 1 aromatic carbocycles. The molecule has 0 saturated carbocycles. The van der Waals surface area contributed by atoms with Crippen molar-refractivity contribution in [2.75, 3.05) is 5.32 Å². The van der Waals surface area contributed by atoms with Gasteiger partial charge in [-0.2, -0.15) is 13.2 Å². The second-order valence-corrected chi connectivity index (χ2v) is 5.94. The van der Waals surface area contributed by atoms with Crippen LogP contribution in [0.15, 0.2) is 34.1 Å². The van der Waals surface area contributed by atoms with Crippen molar-refractivity contribution in [1.82, 2.24) is 0 Å². The number of nitrogens with one attached hydrogen (secondary N) is 1. The summed E-state index contributed by atoms with van der Waals surface area (Å²) in [5, 5.41) is 15.0. The van der Waals surface area contributed by atoms with E-state index in [1.165, 1.54) is 12.1 Å². The van der Waals surface area contributed by atoms with Gasteiger partial charge in [-0.25, -0.2) is 0 Å². The highest BCUT2D eigenvalue weighted by Gasteiger charge is 2.31. The molecule has 21 heavy (non-hydrogen) atoms. The topological polar surface area (TPSA) is 55.2 Å². The van der Waals surface area contributed by atoms with E-state index in [2.05, 4.69) is 21.2 Å². The fraction of sp³-hybridized carbons (Fsp3) is 0.167. The van der Waals surface area contributed by atoms with Crippen molar-refractivity contribution in [3.63, 3.8) is 0 Å². The van der Waals surface area contributed by atoms with Crippen LogP contribution in [0, 0.1) is 10.1 Å². The zero-order valence-corrected chi connectivity index (χ0v) is 12.7. The molecule has 2 rings (SSSR count). The van der Waals surface area contributed by atoms with E-state index in [1.807, 2.05) is 0 Å². The van der Waals surface area contributed by atoms with E-state index in [0.717, 1.165) is 23.5 Å². The molecule has 9 heteroatoms. The van der Waals surface area contributed by atoms with Crippen molar-refractivity contribution in [3.8, 4) is 0 Å². The average Bonchev–Trinajstić information content (AvgIpc) is 2.83.